The standard InChI is InChI=1S/C32H46N4O5/c1-9-32(7,29(39)36(8)23(4)25-18-14-11-15-19-25)35-28(38)31(5,6)34-27(37)26(20-22(2)3)33-30(40)41-21-24-16-12-10-13-17-24/h10-19,22-23,26H,9,20-21H2,1-8H3,(H,33,40)(H,34,37)(H,35,38)/t23-,26+,32-/m1/s1. The highest BCUT2D eigenvalue weighted by Crippen LogP contribution is 2.24. The Labute approximate surface area is 244 Å². The van der Waals surface area contributed by atoms with Crippen molar-refractivity contribution in [3.8, 4) is 0 Å². The Balaban J connectivity index is 2.08. The van der Waals surface area contributed by atoms with E-state index in [2.05, 4.69) is 16.0 Å². The minimum absolute atomic E-state index is 0.0670. The molecule has 0 spiro atoms. The van der Waals surface area contributed by atoms with Gasteiger partial charge in [-0.3, -0.25) is 14.4 Å². The molecule has 224 valence electrons. The van der Waals surface area contributed by atoms with Crippen molar-refractivity contribution in [1.82, 2.24) is 20.9 Å². The number of rotatable bonds is 13. The summed E-state index contributed by atoms with van der Waals surface area (Å²) in [6, 6.07) is 17.8. The predicted octanol–water partition coefficient (Wildman–Crippen LogP) is 4.73. The van der Waals surface area contributed by atoms with Gasteiger partial charge in [-0.05, 0) is 57.6 Å². The zero-order valence-electron chi connectivity index (χ0n) is 25.6. The summed E-state index contributed by atoms with van der Waals surface area (Å²) in [6.45, 7) is 12.5. The van der Waals surface area contributed by atoms with E-state index in [0.717, 1.165) is 11.1 Å². The van der Waals surface area contributed by atoms with Crippen LogP contribution in [0.5, 0.6) is 0 Å². The monoisotopic (exact) mass is 566 g/mol. The highest BCUT2D eigenvalue weighted by molar-refractivity contribution is 5.97. The van der Waals surface area contributed by atoms with Crippen molar-refractivity contribution in [1.29, 1.82) is 0 Å². The summed E-state index contributed by atoms with van der Waals surface area (Å²) in [5, 5.41) is 8.27. The number of amides is 4. The van der Waals surface area contributed by atoms with Crippen LogP contribution in [0.4, 0.5) is 4.79 Å². The lowest BCUT2D eigenvalue weighted by Crippen LogP contribution is -2.65. The molecule has 0 fully saturated rings. The maximum Gasteiger partial charge on any atom is 0.408 e. The fourth-order valence-electron chi connectivity index (χ4n) is 4.28. The summed E-state index contributed by atoms with van der Waals surface area (Å²) in [5.74, 6) is -1.19. The molecule has 41 heavy (non-hydrogen) atoms. The number of likely N-dealkylation sites (N-methyl/N-ethyl adjacent to an activating group) is 1. The molecule has 2 aromatic carbocycles. The Morgan fingerprint density at radius 3 is 1.98 bits per heavy atom. The minimum Gasteiger partial charge on any atom is -0.445 e. The normalized spacial score (nSPS) is 14.3. The molecular weight excluding hydrogens is 520 g/mol. The smallest absolute Gasteiger partial charge is 0.408 e. The number of hydrogen-bond acceptors (Lipinski definition) is 5. The van der Waals surface area contributed by atoms with E-state index in [9.17, 15) is 19.2 Å². The van der Waals surface area contributed by atoms with Crippen molar-refractivity contribution in [2.45, 2.75) is 91.1 Å². The van der Waals surface area contributed by atoms with E-state index in [4.69, 9.17) is 4.74 Å². The summed E-state index contributed by atoms with van der Waals surface area (Å²) in [5.41, 5.74) is -0.773. The Morgan fingerprint density at radius 1 is 0.878 bits per heavy atom. The third-order valence-electron chi connectivity index (χ3n) is 7.28. The molecule has 2 rings (SSSR count). The lowest BCUT2D eigenvalue weighted by atomic mass is 9.92. The van der Waals surface area contributed by atoms with Gasteiger partial charge in [-0.15, -0.1) is 0 Å². The molecular formula is C32H46N4O5. The lowest BCUT2D eigenvalue weighted by molar-refractivity contribution is -0.144. The first kappa shape index (κ1) is 33.3. The Hall–Kier alpha value is -3.88. The number of ether oxygens (including phenoxy) is 1. The van der Waals surface area contributed by atoms with Gasteiger partial charge >= 0.3 is 6.09 Å². The second-order valence-corrected chi connectivity index (χ2v) is 11.6. The van der Waals surface area contributed by atoms with Crippen molar-refractivity contribution < 1.29 is 23.9 Å². The second kappa shape index (κ2) is 14.7. The van der Waals surface area contributed by atoms with Gasteiger partial charge in [-0.25, -0.2) is 4.79 Å². The molecule has 0 bridgehead atoms. The lowest BCUT2D eigenvalue weighted by Gasteiger charge is -2.38. The summed E-state index contributed by atoms with van der Waals surface area (Å²) in [6.07, 6.45) is -0.0353. The van der Waals surface area contributed by atoms with Crippen molar-refractivity contribution in [3.63, 3.8) is 0 Å². The number of nitrogens with one attached hydrogen (secondary N) is 3. The van der Waals surface area contributed by atoms with Crippen LogP contribution in [0.3, 0.4) is 0 Å². The van der Waals surface area contributed by atoms with Gasteiger partial charge in [0.15, 0.2) is 0 Å². The molecule has 3 N–H and O–H groups in total. The maximum absolute atomic E-state index is 13.6. The van der Waals surface area contributed by atoms with Crippen LogP contribution in [0.15, 0.2) is 60.7 Å². The molecule has 3 atom stereocenters. The number of hydrogen-bond donors (Lipinski definition) is 3. The second-order valence-electron chi connectivity index (χ2n) is 11.6. The van der Waals surface area contributed by atoms with E-state index in [-0.39, 0.29) is 24.5 Å². The van der Waals surface area contributed by atoms with Crippen molar-refractivity contribution >= 4 is 23.8 Å². The van der Waals surface area contributed by atoms with Crippen LogP contribution in [0.1, 0.15) is 78.5 Å². The number of carbonyl (C=O) groups excluding carboxylic acids is 4. The number of alkyl carbamates (subject to hydrolysis) is 1. The van der Waals surface area contributed by atoms with Gasteiger partial charge in [0, 0.05) is 7.05 Å². The molecule has 0 radical (unpaired) electrons. The third kappa shape index (κ3) is 9.62. The molecule has 0 aliphatic heterocycles. The van der Waals surface area contributed by atoms with Gasteiger partial charge in [0.05, 0.1) is 6.04 Å². The Bertz CT molecular complexity index is 1170. The molecule has 4 amide bonds. The average Bonchev–Trinajstić information content (AvgIpc) is 2.94. The van der Waals surface area contributed by atoms with Crippen molar-refractivity contribution in [3.05, 3.63) is 71.8 Å². The molecule has 0 aliphatic carbocycles. The third-order valence-corrected chi connectivity index (χ3v) is 7.28. The molecule has 0 aliphatic rings. The number of benzene rings is 2. The van der Waals surface area contributed by atoms with Gasteiger partial charge in [0.2, 0.25) is 17.7 Å². The molecule has 9 nitrogen and oxygen atoms in total. The fourth-order valence-corrected chi connectivity index (χ4v) is 4.28. The predicted molar refractivity (Wildman–Crippen MR) is 160 cm³/mol. The van der Waals surface area contributed by atoms with Crippen LogP contribution < -0.4 is 16.0 Å². The first-order valence-electron chi connectivity index (χ1n) is 14.1. The molecule has 0 aromatic heterocycles. The molecule has 0 saturated carbocycles. The van der Waals surface area contributed by atoms with Gasteiger partial charge in [0.25, 0.3) is 0 Å². The Kier molecular flexibility index (Phi) is 11.9. The van der Waals surface area contributed by atoms with Crippen molar-refractivity contribution in [2.24, 2.45) is 5.92 Å². The molecule has 0 saturated heterocycles. The zero-order chi connectivity index (χ0) is 30.8. The van der Waals surface area contributed by atoms with Gasteiger partial charge in [-0.1, -0.05) is 81.4 Å². The quantitative estimate of drug-likeness (QED) is 0.324. The van der Waals surface area contributed by atoms with Gasteiger partial charge in [-0.2, -0.15) is 0 Å². The average molecular weight is 567 g/mol. The van der Waals surface area contributed by atoms with E-state index < -0.39 is 35.0 Å². The molecule has 0 heterocycles. The topological polar surface area (TPSA) is 117 Å². The summed E-state index contributed by atoms with van der Waals surface area (Å²) in [7, 11) is 1.71. The van der Waals surface area contributed by atoms with Crippen LogP contribution in [0.2, 0.25) is 0 Å². The largest absolute Gasteiger partial charge is 0.445 e. The SMILES string of the molecule is CC[C@@](C)(NC(=O)C(C)(C)NC(=O)[C@H](CC(C)C)NC(=O)OCc1ccccc1)C(=O)N(C)[C@H](C)c1ccccc1. The molecule has 0 unspecified atom stereocenters. The summed E-state index contributed by atoms with van der Waals surface area (Å²) in [4.78, 5) is 54.4. The van der Waals surface area contributed by atoms with E-state index in [0.29, 0.717) is 12.8 Å². The van der Waals surface area contributed by atoms with Crippen LogP contribution in [0.25, 0.3) is 0 Å². The minimum atomic E-state index is -1.37. The fraction of sp³-hybridized carbons (Fsp3) is 0.500. The van der Waals surface area contributed by atoms with Gasteiger partial charge in [0.1, 0.15) is 23.7 Å². The highest BCUT2D eigenvalue weighted by Gasteiger charge is 2.41. The first-order valence-corrected chi connectivity index (χ1v) is 14.1. The maximum atomic E-state index is 13.6. The zero-order valence-corrected chi connectivity index (χ0v) is 25.6. The number of carbonyl (C=O) groups is 4. The van der Waals surface area contributed by atoms with Crippen LogP contribution in [-0.4, -0.2) is 52.9 Å². The van der Waals surface area contributed by atoms with E-state index in [1.165, 1.54) is 0 Å². The highest BCUT2D eigenvalue weighted by atomic mass is 16.5. The number of nitrogens with zero attached hydrogens (tertiary/aromatic N) is 1. The van der Waals surface area contributed by atoms with Gasteiger partial charge < -0.3 is 25.6 Å². The summed E-state index contributed by atoms with van der Waals surface area (Å²) < 4.78 is 5.30. The molecule has 2 aromatic rings. The summed E-state index contributed by atoms with van der Waals surface area (Å²) >= 11 is 0. The first-order chi connectivity index (χ1) is 19.2. The van der Waals surface area contributed by atoms with Crippen LogP contribution in [0, 0.1) is 5.92 Å². The molecule has 9 heteroatoms. The Morgan fingerprint density at radius 2 is 1.44 bits per heavy atom. The van der Waals surface area contributed by atoms with Crippen LogP contribution >= 0.6 is 0 Å². The van der Waals surface area contributed by atoms with E-state index in [1.54, 1.807) is 32.7 Å². The van der Waals surface area contributed by atoms with E-state index in [1.807, 2.05) is 88.4 Å². The van der Waals surface area contributed by atoms with Crippen LogP contribution in [-0.2, 0) is 25.7 Å². The van der Waals surface area contributed by atoms with E-state index >= 15 is 0 Å². The van der Waals surface area contributed by atoms with Crippen molar-refractivity contribution in [2.75, 3.05) is 7.05 Å².